The summed E-state index contributed by atoms with van der Waals surface area (Å²) in [6.07, 6.45) is 1.48. The van der Waals surface area contributed by atoms with Crippen LogP contribution in [0, 0.1) is 6.92 Å². The molecule has 0 bridgehead atoms. The SMILES string of the molecule is CCOc1ccccc1C(=O)NCCn1cnc(C)cc1=O. The van der Waals surface area contributed by atoms with E-state index in [0.29, 0.717) is 36.7 Å². The summed E-state index contributed by atoms with van der Waals surface area (Å²) < 4.78 is 6.89. The Hall–Kier alpha value is -2.63. The predicted octanol–water partition coefficient (Wildman–Crippen LogP) is 1.38. The fourth-order valence-corrected chi connectivity index (χ4v) is 2.01. The van der Waals surface area contributed by atoms with Crippen molar-refractivity contribution in [3.05, 3.63) is 58.3 Å². The number of aryl methyl sites for hydroxylation is 1. The number of benzene rings is 1. The van der Waals surface area contributed by atoms with Gasteiger partial charge in [0.15, 0.2) is 0 Å². The van der Waals surface area contributed by atoms with E-state index in [4.69, 9.17) is 4.74 Å². The highest BCUT2D eigenvalue weighted by molar-refractivity contribution is 5.96. The zero-order valence-electron chi connectivity index (χ0n) is 12.7. The van der Waals surface area contributed by atoms with Gasteiger partial charge in [0.2, 0.25) is 0 Å². The lowest BCUT2D eigenvalue weighted by Gasteiger charge is -2.11. The van der Waals surface area contributed by atoms with E-state index in [1.165, 1.54) is 17.0 Å². The van der Waals surface area contributed by atoms with Crippen LogP contribution in [0.25, 0.3) is 0 Å². The Bertz CT molecular complexity index is 710. The molecule has 1 aromatic carbocycles. The van der Waals surface area contributed by atoms with E-state index in [9.17, 15) is 9.59 Å². The molecule has 2 aromatic rings. The maximum Gasteiger partial charge on any atom is 0.255 e. The van der Waals surface area contributed by atoms with Crippen LogP contribution in [0.3, 0.4) is 0 Å². The number of nitrogens with zero attached hydrogens (tertiary/aromatic N) is 2. The first kappa shape index (κ1) is 15.8. The van der Waals surface area contributed by atoms with Gasteiger partial charge in [-0.15, -0.1) is 0 Å². The molecule has 0 spiro atoms. The molecule has 0 aliphatic heterocycles. The van der Waals surface area contributed by atoms with Crippen LogP contribution in [-0.4, -0.2) is 28.6 Å². The maximum atomic E-state index is 12.2. The number of carbonyl (C=O) groups is 1. The molecule has 0 atom stereocenters. The number of aromatic nitrogens is 2. The molecule has 1 aromatic heterocycles. The van der Waals surface area contributed by atoms with Crippen molar-refractivity contribution >= 4 is 5.91 Å². The fraction of sp³-hybridized carbons (Fsp3) is 0.312. The largest absolute Gasteiger partial charge is 0.493 e. The van der Waals surface area contributed by atoms with Gasteiger partial charge >= 0.3 is 0 Å². The molecule has 6 nitrogen and oxygen atoms in total. The minimum absolute atomic E-state index is 0.128. The first-order valence-corrected chi connectivity index (χ1v) is 7.15. The molecule has 1 amide bonds. The number of nitrogens with one attached hydrogen (secondary N) is 1. The second-order valence-electron chi connectivity index (χ2n) is 4.75. The Kier molecular flexibility index (Phi) is 5.30. The second kappa shape index (κ2) is 7.40. The second-order valence-corrected chi connectivity index (χ2v) is 4.75. The van der Waals surface area contributed by atoms with Crippen LogP contribution in [0.1, 0.15) is 23.0 Å². The predicted molar refractivity (Wildman–Crippen MR) is 83.2 cm³/mol. The molecule has 22 heavy (non-hydrogen) atoms. The Balaban J connectivity index is 1.97. The van der Waals surface area contributed by atoms with Gasteiger partial charge in [-0.2, -0.15) is 0 Å². The number of para-hydroxylation sites is 1. The average molecular weight is 301 g/mol. The van der Waals surface area contributed by atoms with Crippen molar-refractivity contribution in [1.82, 2.24) is 14.9 Å². The maximum absolute atomic E-state index is 12.2. The van der Waals surface area contributed by atoms with Crippen molar-refractivity contribution in [3.63, 3.8) is 0 Å². The molecule has 0 saturated heterocycles. The smallest absolute Gasteiger partial charge is 0.255 e. The molecular weight excluding hydrogens is 282 g/mol. The van der Waals surface area contributed by atoms with Gasteiger partial charge < -0.3 is 10.1 Å². The van der Waals surface area contributed by atoms with Crippen LogP contribution in [0.5, 0.6) is 5.75 Å². The molecule has 0 aliphatic rings. The van der Waals surface area contributed by atoms with E-state index in [1.807, 2.05) is 13.0 Å². The summed E-state index contributed by atoms with van der Waals surface area (Å²) in [5.41, 5.74) is 1.03. The Morgan fingerprint density at radius 1 is 1.36 bits per heavy atom. The van der Waals surface area contributed by atoms with E-state index < -0.39 is 0 Å². The van der Waals surface area contributed by atoms with Crippen LogP contribution < -0.4 is 15.6 Å². The third-order valence-corrected chi connectivity index (χ3v) is 3.09. The van der Waals surface area contributed by atoms with Crippen molar-refractivity contribution in [2.24, 2.45) is 0 Å². The molecule has 2 rings (SSSR count). The number of rotatable bonds is 6. The van der Waals surface area contributed by atoms with Crippen LogP contribution in [0.15, 0.2) is 41.5 Å². The lowest BCUT2D eigenvalue weighted by molar-refractivity contribution is 0.0948. The van der Waals surface area contributed by atoms with Crippen molar-refractivity contribution in [3.8, 4) is 5.75 Å². The number of hydrogen-bond acceptors (Lipinski definition) is 4. The van der Waals surface area contributed by atoms with Gasteiger partial charge in [0.1, 0.15) is 5.75 Å². The van der Waals surface area contributed by atoms with Crippen LogP contribution in [-0.2, 0) is 6.54 Å². The highest BCUT2D eigenvalue weighted by Gasteiger charge is 2.11. The topological polar surface area (TPSA) is 73.2 Å². The van der Waals surface area contributed by atoms with Gasteiger partial charge in [0, 0.05) is 24.8 Å². The van der Waals surface area contributed by atoms with Crippen molar-refractivity contribution in [1.29, 1.82) is 0 Å². The van der Waals surface area contributed by atoms with Crippen LogP contribution in [0.4, 0.5) is 0 Å². The molecule has 0 fully saturated rings. The molecule has 1 heterocycles. The summed E-state index contributed by atoms with van der Waals surface area (Å²) in [6, 6.07) is 8.53. The first-order valence-electron chi connectivity index (χ1n) is 7.15. The molecule has 0 unspecified atom stereocenters. The molecule has 1 N–H and O–H groups in total. The summed E-state index contributed by atoms with van der Waals surface area (Å²) in [5.74, 6) is 0.328. The van der Waals surface area contributed by atoms with Gasteiger partial charge in [-0.3, -0.25) is 14.2 Å². The summed E-state index contributed by atoms with van der Waals surface area (Å²) in [5, 5.41) is 2.78. The Morgan fingerprint density at radius 2 is 2.14 bits per heavy atom. The highest BCUT2D eigenvalue weighted by Crippen LogP contribution is 2.17. The normalized spacial score (nSPS) is 10.3. The third kappa shape index (κ3) is 3.94. The van der Waals surface area contributed by atoms with Crippen molar-refractivity contribution in [2.45, 2.75) is 20.4 Å². The van der Waals surface area contributed by atoms with Crippen LogP contribution in [0.2, 0.25) is 0 Å². The van der Waals surface area contributed by atoms with E-state index in [2.05, 4.69) is 10.3 Å². The van der Waals surface area contributed by atoms with Gasteiger partial charge in [-0.25, -0.2) is 4.98 Å². The van der Waals surface area contributed by atoms with Gasteiger partial charge in [0.05, 0.1) is 18.5 Å². The van der Waals surface area contributed by atoms with Gasteiger partial charge in [-0.1, -0.05) is 12.1 Å². The van der Waals surface area contributed by atoms with Crippen molar-refractivity contribution in [2.75, 3.05) is 13.2 Å². The van der Waals surface area contributed by atoms with E-state index in [0.717, 1.165) is 0 Å². The van der Waals surface area contributed by atoms with E-state index >= 15 is 0 Å². The van der Waals surface area contributed by atoms with Crippen LogP contribution >= 0.6 is 0 Å². The number of carbonyl (C=O) groups excluding carboxylic acids is 1. The Labute approximate surface area is 128 Å². The minimum Gasteiger partial charge on any atom is -0.493 e. The standard InChI is InChI=1S/C16H19N3O3/c1-3-22-14-7-5-4-6-13(14)16(21)17-8-9-19-11-18-12(2)10-15(19)20/h4-7,10-11H,3,8-9H2,1-2H3,(H,17,21). The molecule has 0 aliphatic carbocycles. The zero-order valence-corrected chi connectivity index (χ0v) is 12.7. The summed E-state index contributed by atoms with van der Waals surface area (Å²) >= 11 is 0. The number of ether oxygens (including phenoxy) is 1. The van der Waals surface area contributed by atoms with E-state index in [-0.39, 0.29) is 11.5 Å². The summed E-state index contributed by atoms with van der Waals surface area (Å²) in [7, 11) is 0. The minimum atomic E-state index is -0.225. The monoisotopic (exact) mass is 301 g/mol. The van der Waals surface area contributed by atoms with Gasteiger partial charge in [0.25, 0.3) is 11.5 Å². The highest BCUT2D eigenvalue weighted by atomic mass is 16.5. The molecule has 116 valence electrons. The van der Waals surface area contributed by atoms with Gasteiger partial charge in [-0.05, 0) is 26.0 Å². The zero-order chi connectivity index (χ0) is 15.9. The summed E-state index contributed by atoms with van der Waals surface area (Å²) in [4.78, 5) is 28.0. The Morgan fingerprint density at radius 3 is 2.86 bits per heavy atom. The lowest BCUT2D eigenvalue weighted by Crippen LogP contribution is -2.31. The first-order chi connectivity index (χ1) is 10.6. The average Bonchev–Trinajstić information content (AvgIpc) is 2.50. The molecule has 0 saturated carbocycles. The van der Waals surface area contributed by atoms with Crippen molar-refractivity contribution < 1.29 is 9.53 Å². The quantitative estimate of drug-likeness (QED) is 0.875. The molecular formula is C16H19N3O3. The lowest BCUT2D eigenvalue weighted by atomic mass is 10.2. The number of amides is 1. The molecule has 6 heteroatoms. The third-order valence-electron chi connectivity index (χ3n) is 3.09. The molecule has 0 radical (unpaired) electrons. The van der Waals surface area contributed by atoms with E-state index in [1.54, 1.807) is 25.1 Å². The summed E-state index contributed by atoms with van der Waals surface area (Å²) in [6.45, 7) is 4.83. The fourth-order valence-electron chi connectivity index (χ4n) is 2.01. The number of hydrogen-bond donors (Lipinski definition) is 1.